The van der Waals surface area contributed by atoms with Gasteiger partial charge in [0, 0.05) is 6.54 Å². The van der Waals surface area contributed by atoms with Gasteiger partial charge >= 0.3 is 0 Å². The summed E-state index contributed by atoms with van der Waals surface area (Å²) >= 11 is 0. The van der Waals surface area contributed by atoms with E-state index in [1.165, 1.54) is 173 Å². The molecule has 206 valence electrons. The second-order valence-electron chi connectivity index (χ2n) is 10.5. The number of nitrogens with two attached hydrogens (primary N) is 1. The fourth-order valence-corrected chi connectivity index (χ4v) is 4.85. The maximum absolute atomic E-state index is 5.08. The number of hydrazine groups is 4. The third kappa shape index (κ3) is 31.8. The Balaban J connectivity index is 2.99. The van der Waals surface area contributed by atoms with Crippen molar-refractivity contribution in [1.82, 2.24) is 22.0 Å². The van der Waals surface area contributed by atoms with E-state index in [1.54, 1.807) is 0 Å². The fourth-order valence-electron chi connectivity index (χ4n) is 4.85. The summed E-state index contributed by atoms with van der Waals surface area (Å²) in [5.74, 6) is 5.08. The number of hydrogen-bond donors (Lipinski definition) is 5. The summed E-state index contributed by atoms with van der Waals surface area (Å²) in [7, 11) is 0. The smallest absolute Gasteiger partial charge is 0.0113 e. The lowest BCUT2D eigenvalue weighted by Crippen LogP contribution is -2.53. The van der Waals surface area contributed by atoms with Crippen molar-refractivity contribution >= 4 is 0 Å². The Morgan fingerprint density at radius 2 is 0.618 bits per heavy atom. The maximum atomic E-state index is 5.08. The largest absolute Gasteiger partial charge is 0.257 e. The number of unbranched alkanes of at least 4 members (excludes halogenated alkanes) is 26. The van der Waals surface area contributed by atoms with E-state index in [4.69, 9.17) is 5.84 Å². The summed E-state index contributed by atoms with van der Waals surface area (Å²) in [6.07, 6.45) is 38.9. The van der Waals surface area contributed by atoms with Crippen LogP contribution in [-0.2, 0) is 0 Å². The number of nitrogens with one attached hydrogen (secondary N) is 4. The van der Waals surface area contributed by atoms with Gasteiger partial charge in [0.05, 0.1) is 0 Å². The van der Waals surface area contributed by atoms with Crippen molar-refractivity contribution in [2.75, 3.05) is 6.54 Å². The van der Waals surface area contributed by atoms with Gasteiger partial charge in [-0.3, -0.25) is 5.84 Å². The summed E-state index contributed by atoms with van der Waals surface area (Å²) in [5.41, 5.74) is 10.7. The molecular weight excluding hydrogens is 418 g/mol. The molecule has 0 saturated heterocycles. The Hall–Kier alpha value is -0.200. The summed E-state index contributed by atoms with van der Waals surface area (Å²) in [6, 6.07) is 0. The first-order valence-electron chi connectivity index (χ1n) is 15.6. The highest BCUT2D eigenvalue weighted by molar-refractivity contribution is 4.52. The zero-order valence-corrected chi connectivity index (χ0v) is 23.4. The van der Waals surface area contributed by atoms with E-state index >= 15 is 0 Å². The van der Waals surface area contributed by atoms with Crippen molar-refractivity contribution in [3.8, 4) is 0 Å². The van der Waals surface area contributed by atoms with Crippen LogP contribution >= 0.6 is 0 Å². The van der Waals surface area contributed by atoms with Crippen molar-refractivity contribution in [3.63, 3.8) is 0 Å². The Kier molecular flexibility index (Phi) is 32.6. The van der Waals surface area contributed by atoms with Crippen LogP contribution in [0.2, 0.25) is 0 Å². The van der Waals surface area contributed by atoms with Crippen LogP contribution in [0.15, 0.2) is 0 Å². The van der Waals surface area contributed by atoms with Crippen LogP contribution in [-0.4, -0.2) is 6.54 Å². The van der Waals surface area contributed by atoms with Crippen LogP contribution in [0, 0.1) is 0 Å². The van der Waals surface area contributed by atoms with E-state index in [0.717, 1.165) is 6.54 Å². The van der Waals surface area contributed by atoms with Crippen LogP contribution in [0.3, 0.4) is 0 Å². The Bertz CT molecular complexity index is 308. The summed E-state index contributed by atoms with van der Waals surface area (Å²) in [5, 5.41) is 0. The molecule has 0 unspecified atom stereocenters. The van der Waals surface area contributed by atoms with Crippen molar-refractivity contribution in [2.24, 2.45) is 5.84 Å². The summed E-state index contributed by atoms with van der Waals surface area (Å²) in [6.45, 7) is 3.27. The van der Waals surface area contributed by atoms with Crippen molar-refractivity contribution in [2.45, 2.75) is 180 Å². The monoisotopic (exact) mass is 484 g/mol. The molecule has 0 aliphatic carbocycles. The first kappa shape index (κ1) is 33.8. The van der Waals surface area contributed by atoms with Gasteiger partial charge in [-0.2, -0.15) is 16.6 Å². The van der Waals surface area contributed by atoms with Gasteiger partial charge in [-0.15, -0.1) is 0 Å². The predicted molar refractivity (Wildman–Crippen MR) is 152 cm³/mol. The molecule has 0 aliphatic rings. The standard InChI is InChI=1S/C29H65N5/c1-2-3-4-5-6-7-8-9-10-11-12-13-14-15-16-17-18-19-20-21-22-23-24-25-26-27-28-29-31-33-34-32-30/h31-34H,2-30H2,1H3. The molecule has 34 heavy (non-hydrogen) atoms. The molecule has 0 aliphatic heterocycles. The second-order valence-corrected chi connectivity index (χ2v) is 10.5. The molecule has 0 saturated carbocycles. The molecule has 0 atom stereocenters. The van der Waals surface area contributed by atoms with Crippen LogP contribution in [0.5, 0.6) is 0 Å². The maximum Gasteiger partial charge on any atom is 0.0113 e. The SMILES string of the molecule is CCCCCCCCCCCCCCCCCCCCCCCCCCCCCNNNNN. The second kappa shape index (κ2) is 32.8. The molecule has 0 heterocycles. The fraction of sp³-hybridized carbons (Fsp3) is 1.00. The zero-order chi connectivity index (χ0) is 24.6. The van der Waals surface area contributed by atoms with Crippen LogP contribution < -0.4 is 27.9 Å². The van der Waals surface area contributed by atoms with Gasteiger partial charge < -0.3 is 0 Å². The molecule has 0 aromatic rings. The van der Waals surface area contributed by atoms with Gasteiger partial charge in [0.1, 0.15) is 0 Å². The summed E-state index contributed by atoms with van der Waals surface area (Å²) < 4.78 is 0. The molecule has 6 N–H and O–H groups in total. The van der Waals surface area contributed by atoms with Crippen LogP contribution in [0.4, 0.5) is 0 Å². The predicted octanol–water partition coefficient (Wildman–Crippen LogP) is 8.52. The average Bonchev–Trinajstić information content (AvgIpc) is 2.85. The van der Waals surface area contributed by atoms with Gasteiger partial charge in [0.25, 0.3) is 0 Å². The number of rotatable bonds is 31. The number of hydrogen-bond acceptors (Lipinski definition) is 5. The van der Waals surface area contributed by atoms with Gasteiger partial charge in [-0.1, -0.05) is 174 Å². The van der Waals surface area contributed by atoms with Gasteiger partial charge in [0.2, 0.25) is 0 Å². The van der Waals surface area contributed by atoms with Gasteiger partial charge in [-0.05, 0) is 6.42 Å². The van der Waals surface area contributed by atoms with Crippen molar-refractivity contribution < 1.29 is 0 Å². The quantitative estimate of drug-likeness (QED) is 0.0388. The van der Waals surface area contributed by atoms with Crippen molar-refractivity contribution in [1.29, 1.82) is 0 Å². The molecule has 0 radical (unpaired) electrons. The van der Waals surface area contributed by atoms with E-state index in [9.17, 15) is 0 Å². The highest BCUT2D eigenvalue weighted by atomic mass is 15.8. The van der Waals surface area contributed by atoms with Gasteiger partial charge in [-0.25, -0.2) is 5.43 Å². The lowest BCUT2D eigenvalue weighted by Gasteiger charge is -2.06. The molecule has 0 aromatic heterocycles. The Morgan fingerprint density at radius 1 is 0.353 bits per heavy atom. The van der Waals surface area contributed by atoms with Crippen LogP contribution in [0.1, 0.15) is 180 Å². The Morgan fingerprint density at radius 3 is 0.882 bits per heavy atom. The van der Waals surface area contributed by atoms with Crippen molar-refractivity contribution in [3.05, 3.63) is 0 Å². The Labute approximate surface area is 214 Å². The molecule has 0 bridgehead atoms. The average molecular weight is 484 g/mol. The summed E-state index contributed by atoms with van der Waals surface area (Å²) in [4.78, 5) is 0. The van der Waals surface area contributed by atoms with E-state index in [1.807, 2.05) is 0 Å². The molecule has 0 amide bonds. The molecular formula is C29H65N5. The van der Waals surface area contributed by atoms with E-state index in [0.29, 0.717) is 0 Å². The molecule has 5 nitrogen and oxygen atoms in total. The van der Waals surface area contributed by atoms with Crippen LogP contribution in [0.25, 0.3) is 0 Å². The minimum Gasteiger partial charge on any atom is -0.257 e. The molecule has 0 aromatic carbocycles. The molecule has 0 rings (SSSR count). The first-order valence-corrected chi connectivity index (χ1v) is 15.6. The first-order chi connectivity index (χ1) is 16.9. The van der Waals surface area contributed by atoms with E-state index < -0.39 is 0 Å². The minimum absolute atomic E-state index is 0.966. The molecule has 0 spiro atoms. The lowest BCUT2D eigenvalue weighted by molar-refractivity contribution is 0.370. The normalized spacial score (nSPS) is 11.5. The minimum atomic E-state index is 0.966. The molecule has 5 heteroatoms. The lowest BCUT2D eigenvalue weighted by atomic mass is 10.0. The highest BCUT2D eigenvalue weighted by Gasteiger charge is 1.96. The molecule has 0 fully saturated rings. The van der Waals surface area contributed by atoms with Gasteiger partial charge in [0.15, 0.2) is 0 Å². The topological polar surface area (TPSA) is 74.1 Å². The highest BCUT2D eigenvalue weighted by Crippen LogP contribution is 2.16. The van der Waals surface area contributed by atoms with E-state index in [-0.39, 0.29) is 0 Å². The third-order valence-corrected chi connectivity index (χ3v) is 7.13. The van der Waals surface area contributed by atoms with E-state index in [2.05, 4.69) is 29.0 Å². The zero-order valence-electron chi connectivity index (χ0n) is 23.4. The third-order valence-electron chi connectivity index (χ3n) is 7.13.